The molecule has 218 valence electrons. The van der Waals surface area contributed by atoms with Gasteiger partial charge in [-0.25, -0.2) is 19.2 Å². The number of fused-ring (bicyclic) bond motifs is 1. The fourth-order valence-corrected chi connectivity index (χ4v) is 5.36. The van der Waals surface area contributed by atoms with E-state index in [-0.39, 0.29) is 40.6 Å². The normalized spacial score (nSPS) is 15.7. The Labute approximate surface area is 247 Å². The van der Waals surface area contributed by atoms with Gasteiger partial charge in [-0.3, -0.25) is 9.59 Å². The van der Waals surface area contributed by atoms with Gasteiger partial charge in [-0.05, 0) is 62.7 Å². The molecule has 9 nitrogen and oxygen atoms in total. The quantitative estimate of drug-likeness (QED) is 0.284. The van der Waals surface area contributed by atoms with Crippen LogP contribution in [0.15, 0.2) is 70.7 Å². The van der Waals surface area contributed by atoms with Gasteiger partial charge < -0.3 is 10.2 Å². The van der Waals surface area contributed by atoms with Crippen molar-refractivity contribution in [2.75, 3.05) is 5.32 Å². The predicted octanol–water partition coefficient (Wildman–Crippen LogP) is 5.38. The first kappa shape index (κ1) is 29.2. The number of anilines is 1. The first-order valence-corrected chi connectivity index (χ1v) is 13.8. The summed E-state index contributed by atoms with van der Waals surface area (Å²) >= 11 is 2.92. The molecular formula is C29H27BrF3N7O2. The summed E-state index contributed by atoms with van der Waals surface area (Å²) in [5.74, 6) is 0.343. The highest BCUT2D eigenvalue weighted by Crippen LogP contribution is 2.36. The lowest BCUT2D eigenvalue weighted by atomic mass is 9.98. The minimum Gasteiger partial charge on any atom is -0.349 e. The molecule has 2 unspecified atom stereocenters. The molecule has 2 aromatic carbocycles. The lowest BCUT2D eigenvalue weighted by Crippen LogP contribution is -2.46. The van der Waals surface area contributed by atoms with Crippen molar-refractivity contribution < 1.29 is 18.0 Å². The second-order valence-corrected chi connectivity index (χ2v) is 11.0. The van der Waals surface area contributed by atoms with E-state index in [2.05, 4.69) is 37.9 Å². The van der Waals surface area contributed by atoms with Gasteiger partial charge in [0.25, 0.3) is 11.5 Å². The Bertz CT molecular complexity index is 1730. The molecule has 13 heteroatoms. The van der Waals surface area contributed by atoms with Gasteiger partial charge in [-0.15, -0.1) is 6.58 Å². The second-order valence-electron chi connectivity index (χ2n) is 10.1. The van der Waals surface area contributed by atoms with Crippen molar-refractivity contribution in [1.82, 2.24) is 29.2 Å². The number of hydrogen-bond acceptors (Lipinski definition) is 6. The Hall–Kier alpha value is -4.26. The Morgan fingerprint density at radius 2 is 1.93 bits per heavy atom. The van der Waals surface area contributed by atoms with Crippen molar-refractivity contribution in [3.05, 3.63) is 98.7 Å². The molecule has 0 spiro atoms. The fourth-order valence-electron chi connectivity index (χ4n) is 4.89. The highest BCUT2D eigenvalue weighted by Gasteiger charge is 2.36. The SMILES string of the molecule is C=CC(C)Nc1nc2c(c(=O)n1-c1ccc(-c3ncnn3C)cc1)CC(C)N(C(=O)c1ccc(Br)c(C(F)(F)F)c1)C2. The summed E-state index contributed by atoms with van der Waals surface area (Å²) in [5, 5.41) is 7.29. The molecule has 4 aromatic rings. The summed E-state index contributed by atoms with van der Waals surface area (Å²) in [6.07, 6.45) is -1.32. The molecule has 0 aliphatic carbocycles. The van der Waals surface area contributed by atoms with Crippen LogP contribution in [0.5, 0.6) is 0 Å². The summed E-state index contributed by atoms with van der Waals surface area (Å²) in [7, 11) is 1.79. The average molecular weight is 642 g/mol. The van der Waals surface area contributed by atoms with Crippen LogP contribution in [0.1, 0.15) is 41.0 Å². The van der Waals surface area contributed by atoms with E-state index in [9.17, 15) is 22.8 Å². The highest BCUT2D eigenvalue weighted by molar-refractivity contribution is 9.10. The lowest BCUT2D eigenvalue weighted by Gasteiger charge is -2.35. The van der Waals surface area contributed by atoms with Crippen molar-refractivity contribution in [2.24, 2.45) is 7.05 Å². The molecule has 5 rings (SSSR count). The Kier molecular flexibility index (Phi) is 7.80. The monoisotopic (exact) mass is 641 g/mol. The zero-order chi connectivity index (χ0) is 30.3. The van der Waals surface area contributed by atoms with E-state index in [0.29, 0.717) is 22.8 Å². The molecule has 1 amide bonds. The third-order valence-electron chi connectivity index (χ3n) is 7.20. The molecule has 3 heterocycles. The van der Waals surface area contributed by atoms with E-state index in [1.165, 1.54) is 27.9 Å². The zero-order valence-corrected chi connectivity index (χ0v) is 24.6. The van der Waals surface area contributed by atoms with Gasteiger partial charge in [0.1, 0.15) is 6.33 Å². The standard InChI is InChI=1S/C29H27BrF3N7O2/c1-5-16(2)36-28-37-24-14-39(26(41)19-8-11-23(30)22(13-19)29(31,32)33)17(3)12-21(24)27(42)40(28)20-9-6-18(7-10-20)25-34-15-35-38(25)4/h5-11,13,15-17H,1,12,14H2,2-4H3,(H,36,37). The molecule has 0 bridgehead atoms. The molecular weight excluding hydrogens is 615 g/mol. The minimum atomic E-state index is -4.63. The maximum absolute atomic E-state index is 14.0. The summed E-state index contributed by atoms with van der Waals surface area (Å²) in [4.78, 5) is 37.8. The van der Waals surface area contributed by atoms with Crippen LogP contribution < -0.4 is 10.9 Å². The number of nitrogens with zero attached hydrogens (tertiary/aromatic N) is 6. The fraction of sp³-hybridized carbons (Fsp3) is 0.276. The number of carbonyl (C=O) groups excluding carboxylic acids is 1. The number of carbonyl (C=O) groups is 1. The molecule has 1 aliphatic heterocycles. The van der Waals surface area contributed by atoms with Gasteiger partial charge in [-0.2, -0.15) is 18.3 Å². The van der Waals surface area contributed by atoms with Crippen molar-refractivity contribution in [1.29, 1.82) is 0 Å². The molecule has 42 heavy (non-hydrogen) atoms. The Morgan fingerprint density at radius 3 is 2.55 bits per heavy atom. The second kappa shape index (κ2) is 11.2. The van der Waals surface area contributed by atoms with Gasteiger partial charge in [-0.1, -0.05) is 22.0 Å². The number of aryl methyl sites for hydroxylation is 1. The summed E-state index contributed by atoms with van der Waals surface area (Å²) < 4.78 is 43.5. The first-order valence-electron chi connectivity index (χ1n) is 13.1. The first-order chi connectivity index (χ1) is 19.9. The molecule has 0 fully saturated rings. The Balaban J connectivity index is 1.54. The third-order valence-corrected chi connectivity index (χ3v) is 7.89. The number of benzene rings is 2. The number of alkyl halides is 3. The van der Waals surface area contributed by atoms with Gasteiger partial charge in [0, 0.05) is 40.3 Å². The number of aromatic nitrogens is 5. The van der Waals surface area contributed by atoms with Crippen molar-refractivity contribution >= 4 is 27.8 Å². The van der Waals surface area contributed by atoms with Gasteiger partial charge >= 0.3 is 6.18 Å². The molecule has 1 N–H and O–H groups in total. The molecule has 0 saturated carbocycles. The summed E-state index contributed by atoms with van der Waals surface area (Å²) in [5.41, 5.74) is 0.868. The number of amides is 1. The van der Waals surface area contributed by atoms with E-state index < -0.39 is 23.7 Å². The van der Waals surface area contributed by atoms with E-state index in [1.54, 1.807) is 36.9 Å². The molecule has 0 saturated heterocycles. The third kappa shape index (κ3) is 5.48. The summed E-state index contributed by atoms with van der Waals surface area (Å²) in [6, 6.07) is 9.93. The van der Waals surface area contributed by atoms with E-state index in [1.807, 2.05) is 19.1 Å². The van der Waals surface area contributed by atoms with Gasteiger partial charge in [0.05, 0.1) is 23.5 Å². The number of rotatable bonds is 6. The van der Waals surface area contributed by atoms with Crippen LogP contribution in [0, 0.1) is 0 Å². The topological polar surface area (TPSA) is 97.9 Å². The van der Waals surface area contributed by atoms with Crippen molar-refractivity contribution in [3.8, 4) is 17.1 Å². The van der Waals surface area contributed by atoms with Crippen LogP contribution in [0.25, 0.3) is 17.1 Å². The zero-order valence-electron chi connectivity index (χ0n) is 23.0. The van der Waals surface area contributed by atoms with Crippen molar-refractivity contribution in [3.63, 3.8) is 0 Å². The summed E-state index contributed by atoms with van der Waals surface area (Å²) in [6.45, 7) is 7.37. The minimum absolute atomic E-state index is 0.0366. The van der Waals surface area contributed by atoms with E-state index in [0.717, 1.165) is 11.6 Å². The maximum Gasteiger partial charge on any atom is 0.417 e. The number of nitrogens with one attached hydrogen (secondary N) is 1. The molecule has 2 atom stereocenters. The van der Waals surface area contributed by atoms with Crippen LogP contribution in [-0.4, -0.2) is 47.2 Å². The van der Waals surface area contributed by atoms with Crippen LogP contribution in [0.4, 0.5) is 19.1 Å². The smallest absolute Gasteiger partial charge is 0.349 e. The van der Waals surface area contributed by atoms with Crippen LogP contribution in [0.3, 0.4) is 0 Å². The number of hydrogen-bond donors (Lipinski definition) is 1. The molecule has 2 aromatic heterocycles. The lowest BCUT2D eigenvalue weighted by molar-refractivity contribution is -0.138. The maximum atomic E-state index is 14.0. The Morgan fingerprint density at radius 1 is 1.21 bits per heavy atom. The average Bonchev–Trinajstić information content (AvgIpc) is 3.38. The van der Waals surface area contributed by atoms with Gasteiger partial charge in [0.2, 0.25) is 5.95 Å². The van der Waals surface area contributed by atoms with Gasteiger partial charge in [0.15, 0.2) is 5.82 Å². The van der Waals surface area contributed by atoms with E-state index in [4.69, 9.17) is 4.98 Å². The molecule has 0 radical (unpaired) electrons. The molecule has 1 aliphatic rings. The highest BCUT2D eigenvalue weighted by atomic mass is 79.9. The predicted molar refractivity (Wildman–Crippen MR) is 155 cm³/mol. The van der Waals surface area contributed by atoms with Crippen LogP contribution in [0.2, 0.25) is 0 Å². The largest absolute Gasteiger partial charge is 0.417 e. The van der Waals surface area contributed by atoms with Crippen LogP contribution in [-0.2, 0) is 26.2 Å². The number of halogens is 4. The van der Waals surface area contributed by atoms with Crippen LogP contribution >= 0.6 is 15.9 Å². The van der Waals surface area contributed by atoms with Crippen molar-refractivity contribution in [2.45, 2.75) is 45.1 Å². The van der Waals surface area contributed by atoms with E-state index >= 15 is 0 Å².